The van der Waals surface area contributed by atoms with Gasteiger partial charge in [0.05, 0.1) is 6.67 Å². The zero-order chi connectivity index (χ0) is 15.7. The first-order valence-corrected chi connectivity index (χ1v) is 7.10. The summed E-state index contributed by atoms with van der Waals surface area (Å²) in [6.07, 6.45) is 0. The van der Waals surface area contributed by atoms with Crippen molar-refractivity contribution in [3.63, 3.8) is 0 Å². The average Bonchev–Trinajstić information content (AvgIpc) is 3.12. The first kappa shape index (κ1) is 15.3. The largest absolute Gasteiger partial charge is 0.332 e. The van der Waals surface area contributed by atoms with Gasteiger partial charge in [0.25, 0.3) is 5.56 Å². The monoisotopic (exact) mass is 294 g/mol. The molecule has 1 fully saturated rings. The molecule has 0 spiro atoms. The first-order chi connectivity index (χ1) is 10.0. The van der Waals surface area contributed by atoms with Gasteiger partial charge in [-0.05, 0) is 0 Å². The fourth-order valence-electron chi connectivity index (χ4n) is 2.47. The number of anilines is 1. The van der Waals surface area contributed by atoms with Gasteiger partial charge in [0.2, 0.25) is 5.95 Å². The van der Waals surface area contributed by atoms with Gasteiger partial charge in [-0.2, -0.15) is 4.98 Å². The third kappa shape index (κ3) is 2.25. The highest BCUT2D eigenvalue weighted by Crippen LogP contribution is 2.17. The number of hydrogen-bond acceptors (Lipinski definition) is 5. The Balaban J connectivity index is 0.000000774. The number of rotatable bonds is 1. The van der Waals surface area contributed by atoms with Crippen molar-refractivity contribution >= 4 is 17.1 Å². The van der Waals surface area contributed by atoms with Gasteiger partial charge in [0, 0.05) is 34.2 Å². The van der Waals surface area contributed by atoms with E-state index >= 15 is 0 Å². The Morgan fingerprint density at radius 2 is 1.71 bits per heavy atom. The zero-order valence-electron chi connectivity index (χ0n) is 13.2. The van der Waals surface area contributed by atoms with Gasteiger partial charge in [0.1, 0.15) is 0 Å². The predicted octanol–water partition coefficient (Wildman–Crippen LogP) is -0.636. The number of aryl methyl sites for hydroxylation is 2. The van der Waals surface area contributed by atoms with Crippen LogP contribution in [-0.2, 0) is 21.1 Å². The summed E-state index contributed by atoms with van der Waals surface area (Å²) < 4.78 is 4.27. The predicted molar refractivity (Wildman–Crippen MR) is 82.8 cm³/mol. The van der Waals surface area contributed by atoms with Crippen LogP contribution < -0.4 is 21.5 Å². The molecule has 21 heavy (non-hydrogen) atoms. The lowest BCUT2D eigenvalue weighted by Gasteiger charge is -2.14. The summed E-state index contributed by atoms with van der Waals surface area (Å²) in [5.74, 6) is 0.707. The maximum absolute atomic E-state index is 12.2. The molecule has 116 valence electrons. The van der Waals surface area contributed by atoms with Crippen LogP contribution in [0.3, 0.4) is 0 Å². The summed E-state index contributed by atoms with van der Waals surface area (Å²) in [7, 11) is 4.91. The molecule has 0 saturated carbocycles. The van der Waals surface area contributed by atoms with Crippen LogP contribution in [0.4, 0.5) is 5.95 Å². The smallest absolute Gasteiger partial charge is 0.328 e. The third-order valence-corrected chi connectivity index (χ3v) is 3.60. The topological polar surface area (TPSA) is 77.1 Å². The number of nitrogens with one attached hydrogen (secondary N) is 1. The number of imidazole rings is 1. The van der Waals surface area contributed by atoms with Gasteiger partial charge < -0.3 is 9.47 Å². The van der Waals surface area contributed by atoms with Crippen molar-refractivity contribution in [1.82, 2.24) is 24.0 Å². The molecule has 0 unspecified atom stereocenters. The number of fused-ring (bicyclic) bond motifs is 1. The highest BCUT2D eigenvalue weighted by Gasteiger charge is 2.22. The Hall–Kier alpha value is -2.09. The number of aromatic nitrogens is 4. The second-order valence-electron chi connectivity index (χ2n) is 4.77. The fourth-order valence-corrected chi connectivity index (χ4v) is 2.47. The summed E-state index contributed by atoms with van der Waals surface area (Å²) in [6.45, 7) is 6.43. The van der Waals surface area contributed by atoms with Crippen LogP contribution >= 0.6 is 0 Å². The molecule has 2 aromatic rings. The van der Waals surface area contributed by atoms with E-state index in [2.05, 4.69) is 10.3 Å². The summed E-state index contributed by atoms with van der Waals surface area (Å²) in [5, 5.41) is 3.22. The fraction of sp³-hybridized carbons (Fsp3) is 0.615. The lowest BCUT2D eigenvalue weighted by Crippen LogP contribution is -2.37. The van der Waals surface area contributed by atoms with Crippen molar-refractivity contribution in [2.75, 3.05) is 24.7 Å². The maximum Gasteiger partial charge on any atom is 0.332 e. The van der Waals surface area contributed by atoms with E-state index in [4.69, 9.17) is 0 Å². The molecular weight excluding hydrogens is 272 g/mol. The van der Waals surface area contributed by atoms with E-state index < -0.39 is 0 Å². The van der Waals surface area contributed by atoms with Gasteiger partial charge >= 0.3 is 5.69 Å². The minimum Gasteiger partial charge on any atom is -0.328 e. The maximum atomic E-state index is 12.2. The molecular formula is C13H22N6O2. The van der Waals surface area contributed by atoms with Crippen molar-refractivity contribution in [3.05, 3.63) is 20.8 Å². The van der Waals surface area contributed by atoms with E-state index in [9.17, 15) is 9.59 Å². The Labute approximate surface area is 122 Å². The molecule has 0 bridgehead atoms. The minimum atomic E-state index is -0.360. The molecule has 1 aliphatic rings. The van der Waals surface area contributed by atoms with E-state index in [1.54, 1.807) is 18.7 Å². The van der Waals surface area contributed by atoms with Crippen molar-refractivity contribution in [2.24, 2.45) is 21.1 Å². The van der Waals surface area contributed by atoms with Crippen LogP contribution in [0.5, 0.6) is 0 Å². The van der Waals surface area contributed by atoms with Gasteiger partial charge in [0.15, 0.2) is 11.2 Å². The van der Waals surface area contributed by atoms with Crippen LogP contribution in [0.25, 0.3) is 11.2 Å². The zero-order valence-corrected chi connectivity index (χ0v) is 13.2. The van der Waals surface area contributed by atoms with Crippen molar-refractivity contribution in [2.45, 2.75) is 13.8 Å². The molecule has 1 N–H and O–H groups in total. The molecule has 1 saturated heterocycles. The van der Waals surface area contributed by atoms with Crippen molar-refractivity contribution < 1.29 is 0 Å². The lowest BCUT2D eigenvalue weighted by atomic mass is 10.5. The molecule has 0 amide bonds. The van der Waals surface area contributed by atoms with Gasteiger partial charge in [-0.3, -0.25) is 19.2 Å². The van der Waals surface area contributed by atoms with Crippen molar-refractivity contribution in [1.29, 1.82) is 0 Å². The Morgan fingerprint density at radius 3 is 2.29 bits per heavy atom. The molecule has 3 rings (SSSR count). The highest BCUT2D eigenvalue weighted by molar-refractivity contribution is 5.74. The van der Waals surface area contributed by atoms with E-state index in [1.807, 2.05) is 18.7 Å². The Bertz CT molecular complexity index is 764. The van der Waals surface area contributed by atoms with Gasteiger partial charge in [-0.1, -0.05) is 13.8 Å². The summed E-state index contributed by atoms with van der Waals surface area (Å²) >= 11 is 0. The van der Waals surface area contributed by atoms with Gasteiger partial charge in [-0.25, -0.2) is 4.79 Å². The standard InChI is InChI=1S/C11H16N6O2.C2H6/c1-14-7-8(13-10(14)17-5-4-12-6-17)15(2)11(19)16(3)9(7)18;1-2/h12H,4-6H2,1-3H3;1-2H3. The molecule has 0 radical (unpaired) electrons. The highest BCUT2D eigenvalue weighted by atomic mass is 16.2. The number of hydrogen-bond donors (Lipinski definition) is 1. The second kappa shape index (κ2) is 5.72. The quantitative estimate of drug-likeness (QED) is 0.757. The van der Waals surface area contributed by atoms with Gasteiger partial charge in [-0.15, -0.1) is 0 Å². The number of nitrogens with zero attached hydrogens (tertiary/aromatic N) is 5. The van der Waals surface area contributed by atoms with E-state index in [0.29, 0.717) is 23.8 Å². The Kier molecular flexibility index (Phi) is 4.17. The Morgan fingerprint density at radius 1 is 1.05 bits per heavy atom. The molecule has 3 heterocycles. The van der Waals surface area contributed by atoms with Crippen molar-refractivity contribution in [3.8, 4) is 0 Å². The second-order valence-corrected chi connectivity index (χ2v) is 4.77. The van der Waals surface area contributed by atoms with Crippen LogP contribution in [0.2, 0.25) is 0 Å². The van der Waals surface area contributed by atoms with Crippen LogP contribution in [0.15, 0.2) is 9.59 Å². The molecule has 0 aliphatic carbocycles. The normalized spacial score (nSPS) is 14.4. The molecule has 2 aromatic heterocycles. The lowest BCUT2D eigenvalue weighted by molar-refractivity contribution is 0.705. The van der Waals surface area contributed by atoms with E-state index in [-0.39, 0.29) is 11.2 Å². The molecule has 8 heteroatoms. The van der Waals surface area contributed by atoms with Crippen LogP contribution in [0, 0.1) is 0 Å². The molecule has 1 aliphatic heterocycles. The van der Waals surface area contributed by atoms with E-state index in [1.165, 1.54) is 11.6 Å². The summed E-state index contributed by atoms with van der Waals surface area (Å²) in [6, 6.07) is 0. The third-order valence-electron chi connectivity index (χ3n) is 3.60. The van der Waals surface area contributed by atoms with Crippen LogP contribution in [-0.4, -0.2) is 38.4 Å². The average molecular weight is 294 g/mol. The molecule has 0 aromatic carbocycles. The van der Waals surface area contributed by atoms with Crippen LogP contribution in [0.1, 0.15) is 13.8 Å². The first-order valence-electron chi connectivity index (χ1n) is 7.10. The summed E-state index contributed by atoms with van der Waals surface area (Å²) in [5.41, 5.74) is 0.206. The molecule has 0 atom stereocenters. The molecule has 8 nitrogen and oxygen atoms in total. The van der Waals surface area contributed by atoms with E-state index in [0.717, 1.165) is 17.7 Å². The summed E-state index contributed by atoms with van der Waals surface area (Å²) in [4.78, 5) is 30.6. The minimum absolute atomic E-state index is 0.313. The SMILES string of the molecule is CC.Cn1c(=O)c2c(nc(N3CCNC3)n2C)n(C)c1=O.